The number of para-hydroxylation sites is 1. The summed E-state index contributed by atoms with van der Waals surface area (Å²) < 4.78 is 12.5. The largest absolute Gasteiger partial charge is 0.454 e. The molecular weight excluding hydrogens is 440 g/mol. The summed E-state index contributed by atoms with van der Waals surface area (Å²) in [7, 11) is 0. The van der Waals surface area contributed by atoms with Gasteiger partial charge in [0.1, 0.15) is 0 Å². The van der Waals surface area contributed by atoms with Gasteiger partial charge in [0.15, 0.2) is 11.5 Å². The molecule has 2 aliphatic heterocycles. The lowest BCUT2D eigenvalue weighted by atomic mass is 10.0. The van der Waals surface area contributed by atoms with Crippen LogP contribution in [0.1, 0.15) is 25.6 Å². The van der Waals surface area contributed by atoms with Gasteiger partial charge in [0.25, 0.3) is 6.17 Å². The Morgan fingerprint density at radius 3 is 2.81 bits per heavy atom. The summed E-state index contributed by atoms with van der Waals surface area (Å²) in [5.74, 6) is 1.57. The van der Waals surface area contributed by atoms with E-state index in [1.54, 1.807) is 27.8 Å². The predicted molar refractivity (Wildman–Crippen MR) is 116 cm³/mol. The van der Waals surface area contributed by atoms with Crippen molar-refractivity contribution in [1.29, 1.82) is 0 Å². The van der Waals surface area contributed by atoms with E-state index in [4.69, 9.17) is 21.1 Å². The quantitative estimate of drug-likeness (QED) is 0.480. The lowest BCUT2D eigenvalue weighted by Gasteiger charge is -2.31. The summed E-state index contributed by atoms with van der Waals surface area (Å²) in [4.78, 5) is 30.5. The van der Waals surface area contributed by atoms with Crippen LogP contribution in [0, 0.1) is 0 Å². The van der Waals surface area contributed by atoms with Crippen molar-refractivity contribution in [2.45, 2.75) is 25.2 Å². The molecule has 1 unspecified atom stereocenters. The first-order valence-corrected chi connectivity index (χ1v) is 11.0. The van der Waals surface area contributed by atoms with Crippen molar-refractivity contribution in [2.75, 3.05) is 17.4 Å². The zero-order valence-corrected chi connectivity index (χ0v) is 18.3. The number of carbonyl (C=O) groups is 1. The molecular formula is C21H18ClN4O4S+. The third-order valence-corrected chi connectivity index (χ3v) is 6.22. The molecule has 0 aliphatic carbocycles. The first-order chi connectivity index (χ1) is 15.0. The van der Waals surface area contributed by atoms with E-state index in [9.17, 15) is 9.59 Å². The number of hydrogen-bond acceptors (Lipinski definition) is 6. The summed E-state index contributed by atoms with van der Waals surface area (Å²) in [6.45, 7) is 3.54. The van der Waals surface area contributed by atoms with Gasteiger partial charge in [0, 0.05) is 18.1 Å². The highest BCUT2D eigenvalue weighted by Crippen LogP contribution is 2.43. The Hall–Kier alpha value is -3.04. The van der Waals surface area contributed by atoms with Crippen LogP contribution in [0.15, 0.2) is 46.3 Å². The highest BCUT2D eigenvalue weighted by atomic mass is 35.5. The SMILES string of the molecule is CCSc1n[n+]2c(c(=O)[nH]1)-c1ccccc1N(C(C)=O)C2c1cc2c(cc1Cl)OCO2. The second-order valence-electron chi connectivity index (χ2n) is 6.99. The van der Waals surface area contributed by atoms with Crippen LogP contribution >= 0.6 is 23.4 Å². The fraction of sp³-hybridized carbons (Fsp3) is 0.238. The zero-order chi connectivity index (χ0) is 21.7. The molecule has 0 spiro atoms. The van der Waals surface area contributed by atoms with Crippen molar-refractivity contribution in [3.63, 3.8) is 0 Å². The molecule has 31 heavy (non-hydrogen) atoms. The summed E-state index contributed by atoms with van der Waals surface area (Å²) in [6, 6.07) is 10.7. The van der Waals surface area contributed by atoms with Crippen molar-refractivity contribution in [3.8, 4) is 22.8 Å². The van der Waals surface area contributed by atoms with Gasteiger partial charge in [0.2, 0.25) is 17.9 Å². The molecule has 2 aromatic carbocycles. The normalized spacial score (nSPS) is 16.1. The molecule has 3 aromatic rings. The predicted octanol–water partition coefficient (Wildman–Crippen LogP) is 3.13. The maximum Gasteiger partial charge on any atom is 0.325 e. The maximum atomic E-state index is 13.1. The Kier molecular flexibility index (Phi) is 4.86. The van der Waals surface area contributed by atoms with Gasteiger partial charge in [-0.25, -0.2) is 4.90 Å². The highest BCUT2D eigenvalue weighted by molar-refractivity contribution is 7.99. The minimum Gasteiger partial charge on any atom is -0.454 e. The van der Waals surface area contributed by atoms with Gasteiger partial charge in [0.05, 0.1) is 21.8 Å². The van der Waals surface area contributed by atoms with E-state index in [1.165, 1.54) is 18.7 Å². The number of aromatic amines is 1. The smallest absolute Gasteiger partial charge is 0.325 e. The van der Waals surface area contributed by atoms with Gasteiger partial charge in [-0.3, -0.25) is 14.6 Å². The van der Waals surface area contributed by atoms with E-state index in [2.05, 4.69) is 10.1 Å². The van der Waals surface area contributed by atoms with E-state index < -0.39 is 6.17 Å². The molecule has 1 atom stereocenters. The van der Waals surface area contributed by atoms with E-state index in [-0.39, 0.29) is 18.3 Å². The molecule has 5 rings (SSSR count). The molecule has 2 aliphatic rings. The summed E-state index contributed by atoms with van der Waals surface area (Å²) in [5, 5.41) is 5.53. The molecule has 1 amide bonds. The number of aromatic nitrogens is 3. The second-order valence-corrected chi connectivity index (χ2v) is 8.65. The number of nitrogens with one attached hydrogen (secondary N) is 1. The molecule has 158 valence electrons. The number of halogens is 1. The number of benzene rings is 2. The number of anilines is 1. The fourth-order valence-corrected chi connectivity index (χ4v) is 4.76. The minimum atomic E-state index is -0.775. The zero-order valence-electron chi connectivity index (χ0n) is 16.7. The van der Waals surface area contributed by atoms with E-state index >= 15 is 0 Å². The Labute approximate surface area is 186 Å². The van der Waals surface area contributed by atoms with Gasteiger partial charge in [-0.15, -0.1) is 0 Å². The Morgan fingerprint density at radius 1 is 1.32 bits per heavy atom. The minimum absolute atomic E-state index is 0.0952. The van der Waals surface area contributed by atoms with Crippen LogP contribution in [0.25, 0.3) is 11.3 Å². The van der Waals surface area contributed by atoms with Crippen LogP contribution in [0.5, 0.6) is 11.5 Å². The van der Waals surface area contributed by atoms with Crippen LogP contribution in [-0.2, 0) is 4.79 Å². The lowest BCUT2D eigenvalue weighted by Crippen LogP contribution is -2.60. The number of ether oxygens (including phenoxy) is 2. The Morgan fingerprint density at radius 2 is 2.06 bits per heavy atom. The third-order valence-electron chi connectivity index (χ3n) is 5.15. The van der Waals surface area contributed by atoms with Gasteiger partial charge in [-0.05, 0) is 28.6 Å². The van der Waals surface area contributed by atoms with Crippen LogP contribution in [0.4, 0.5) is 5.69 Å². The molecule has 8 nitrogen and oxygen atoms in total. The van der Waals surface area contributed by atoms with Gasteiger partial charge >= 0.3 is 11.3 Å². The van der Waals surface area contributed by atoms with Crippen molar-refractivity contribution >= 4 is 35.0 Å². The Balaban J connectivity index is 1.84. The number of carbonyl (C=O) groups excluding carboxylic acids is 1. The highest BCUT2D eigenvalue weighted by Gasteiger charge is 2.46. The van der Waals surface area contributed by atoms with Crippen LogP contribution < -0.4 is 24.6 Å². The van der Waals surface area contributed by atoms with Crippen molar-refractivity contribution in [2.24, 2.45) is 0 Å². The van der Waals surface area contributed by atoms with Crippen molar-refractivity contribution in [3.05, 3.63) is 57.3 Å². The van der Waals surface area contributed by atoms with Crippen LogP contribution in [0.2, 0.25) is 5.02 Å². The van der Waals surface area contributed by atoms with E-state index in [0.717, 1.165) is 5.75 Å². The summed E-state index contributed by atoms with van der Waals surface area (Å²) in [5.41, 5.74) is 1.87. The molecule has 0 fully saturated rings. The third kappa shape index (κ3) is 3.16. The standard InChI is InChI=1S/C21H17ClN4O4S/c1-3-31-21-23-19(28)18-12-6-4-5-7-15(12)25(11(2)27)20(26(18)24-21)13-8-16-17(9-14(13)22)30-10-29-16/h4-9,20H,3,10H2,1-2H3/p+1. The first kappa shape index (κ1) is 19.9. The van der Waals surface area contributed by atoms with Crippen molar-refractivity contribution in [1.82, 2.24) is 10.1 Å². The molecule has 3 heterocycles. The molecule has 0 saturated carbocycles. The van der Waals surface area contributed by atoms with Gasteiger partial charge < -0.3 is 9.47 Å². The number of fused-ring (bicyclic) bond motifs is 4. The van der Waals surface area contributed by atoms with Crippen LogP contribution in [-0.4, -0.2) is 28.5 Å². The van der Waals surface area contributed by atoms with Crippen LogP contribution in [0.3, 0.4) is 0 Å². The van der Waals surface area contributed by atoms with E-state index in [0.29, 0.717) is 44.2 Å². The van der Waals surface area contributed by atoms with Crippen molar-refractivity contribution < 1.29 is 19.0 Å². The number of rotatable bonds is 3. The Bertz CT molecular complexity index is 1280. The topological polar surface area (TPSA) is 88.4 Å². The lowest BCUT2D eigenvalue weighted by molar-refractivity contribution is -0.763. The number of H-pyrrole nitrogens is 1. The molecule has 1 N–H and O–H groups in total. The second kappa shape index (κ2) is 7.58. The monoisotopic (exact) mass is 457 g/mol. The molecule has 10 heteroatoms. The molecule has 0 saturated heterocycles. The number of thioether (sulfide) groups is 1. The molecule has 1 aromatic heterocycles. The van der Waals surface area contributed by atoms with Gasteiger partial charge in [-0.2, -0.15) is 0 Å². The summed E-state index contributed by atoms with van der Waals surface area (Å²) >= 11 is 8.05. The average molecular weight is 458 g/mol. The fourth-order valence-electron chi connectivity index (χ4n) is 3.93. The van der Waals surface area contributed by atoms with E-state index in [1.807, 2.05) is 25.1 Å². The number of amides is 1. The van der Waals surface area contributed by atoms with Gasteiger partial charge in [-0.1, -0.05) is 42.4 Å². The number of hydrogen-bond donors (Lipinski definition) is 1. The molecule has 0 radical (unpaired) electrons. The molecule has 0 bridgehead atoms. The number of nitrogens with zero attached hydrogens (tertiary/aromatic N) is 3. The summed E-state index contributed by atoms with van der Waals surface area (Å²) in [6.07, 6.45) is -0.775. The maximum absolute atomic E-state index is 13.1. The first-order valence-electron chi connectivity index (χ1n) is 9.66. The average Bonchev–Trinajstić information content (AvgIpc) is 3.19.